The SMILES string of the molecule is CC(CC(C)(O)CN)N1CCN(CC2CC2)CC1. The number of nitrogens with zero attached hydrogens (tertiary/aromatic N) is 2. The highest BCUT2D eigenvalue weighted by atomic mass is 16.3. The van der Waals surface area contributed by atoms with Crippen LogP contribution in [-0.2, 0) is 0 Å². The quantitative estimate of drug-likeness (QED) is 0.726. The van der Waals surface area contributed by atoms with Crippen LogP contribution >= 0.6 is 0 Å². The number of hydrogen-bond donors (Lipinski definition) is 2. The Morgan fingerprint density at radius 1 is 1.28 bits per heavy atom. The van der Waals surface area contributed by atoms with E-state index in [9.17, 15) is 5.11 Å². The van der Waals surface area contributed by atoms with Crippen molar-refractivity contribution in [3.8, 4) is 0 Å². The molecule has 1 aliphatic carbocycles. The molecule has 2 fully saturated rings. The first-order valence-electron chi connectivity index (χ1n) is 7.39. The fourth-order valence-corrected chi connectivity index (χ4v) is 2.90. The summed E-state index contributed by atoms with van der Waals surface area (Å²) < 4.78 is 0. The normalized spacial score (nSPS) is 28.0. The average molecular weight is 255 g/mol. The monoisotopic (exact) mass is 255 g/mol. The second-order valence-electron chi connectivity index (χ2n) is 6.53. The Morgan fingerprint density at radius 2 is 1.89 bits per heavy atom. The standard InChI is InChI=1S/C14H29N3O/c1-12(9-14(2,18)11-15)17-7-5-16(6-8-17)10-13-3-4-13/h12-13,18H,3-11,15H2,1-2H3. The number of rotatable bonds is 6. The first kappa shape index (κ1) is 14.3. The molecule has 1 saturated heterocycles. The molecule has 4 nitrogen and oxygen atoms in total. The third-order valence-electron chi connectivity index (χ3n) is 4.42. The summed E-state index contributed by atoms with van der Waals surface area (Å²) in [6.45, 7) is 10.3. The van der Waals surface area contributed by atoms with Gasteiger partial charge in [0, 0.05) is 45.3 Å². The molecule has 106 valence electrons. The molecule has 1 heterocycles. The van der Waals surface area contributed by atoms with E-state index in [0.717, 1.165) is 25.4 Å². The van der Waals surface area contributed by atoms with Crippen LogP contribution in [0, 0.1) is 5.92 Å². The van der Waals surface area contributed by atoms with Gasteiger partial charge in [0.2, 0.25) is 0 Å². The molecule has 18 heavy (non-hydrogen) atoms. The van der Waals surface area contributed by atoms with Crippen LogP contribution in [0.1, 0.15) is 33.1 Å². The number of nitrogens with two attached hydrogens (primary N) is 1. The lowest BCUT2D eigenvalue weighted by atomic mass is 9.96. The maximum atomic E-state index is 10.0. The van der Waals surface area contributed by atoms with Crippen LogP contribution in [0.15, 0.2) is 0 Å². The summed E-state index contributed by atoms with van der Waals surface area (Å²) >= 11 is 0. The van der Waals surface area contributed by atoms with Gasteiger partial charge < -0.3 is 15.7 Å². The summed E-state index contributed by atoms with van der Waals surface area (Å²) in [6.07, 6.45) is 3.65. The van der Waals surface area contributed by atoms with Gasteiger partial charge in [0.05, 0.1) is 5.60 Å². The Bertz CT molecular complexity index is 258. The minimum absolute atomic E-state index is 0.346. The molecule has 0 spiro atoms. The van der Waals surface area contributed by atoms with Crippen LogP contribution in [0.4, 0.5) is 0 Å². The molecule has 2 aliphatic rings. The predicted molar refractivity (Wildman–Crippen MR) is 74.5 cm³/mol. The maximum absolute atomic E-state index is 10.0. The van der Waals surface area contributed by atoms with E-state index in [1.165, 1.54) is 32.5 Å². The van der Waals surface area contributed by atoms with E-state index in [4.69, 9.17) is 5.73 Å². The van der Waals surface area contributed by atoms with Crippen molar-refractivity contribution < 1.29 is 5.11 Å². The van der Waals surface area contributed by atoms with E-state index in [1.54, 1.807) is 0 Å². The van der Waals surface area contributed by atoms with Gasteiger partial charge >= 0.3 is 0 Å². The summed E-state index contributed by atoms with van der Waals surface area (Å²) in [7, 11) is 0. The third-order valence-corrected chi connectivity index (χ3v) is 4.42. The molecular weight excluding hydrogens is 226 g/mol. The molecule has 1 saturated carbocycles. The molecule has 1 aliphatic heterocycles. The molecular formula is C14H29N3O. The van der Waals surface area contributed by atoms with Crippen molar-refractivity contribution in [3.05, 3.63) is 0 Å². The fraction of sp³-hybridized carbons (Fsp3) is 1.00. The lowest BCUT2D eigenvalue weighted by molar-refractivity contribution is 0.0156. The van der Waals surface area contributed by atoms with Gasteiger partial charge in [-0.25, -0.2) is 0 Å². The number of piperazine rings is 1. The molecule has 0 bridgehead atoms. The summed E-state index contributed by atoms with van der Waals surface area (Å²) in [4.78, 5) is 5.09. The minimum Gasteiger partial charge on any atom is -0.389 e. The van der Waals surface area contributed by atoms with Gasteiger partial charge in [-0.1, -0.05) is 0 Å². The summed E-state index contributed by atoms with van der Waals surface area (Å²) in [5.74, 6) is 0.993. The smallest absolute Gasteiger partial charge is 0.0756 e. The van der Waals surface area contributed by atoms with E-state index >= 15 is 0 Å². The summed E-state index contributed by atoms with van der Waals surface area (Å²) in [5, 5.41) is 10.0. The molecule has 0 amide bonds. The number of hydrogen-bond acceptors (Lipinski definition) is 4. The van der Waals surface area contributed by atoms with E-state index in [0.29, 0.717) is 12.6 Å². The second-order valence-corrected chi connectivity index (χ2v) is 6.53. The zero-order valence-corrected chi connectivity index (χ0v) is 11.9. The van der Waals surface area contributed by atoms with Gasteiger partial charge in [0.15, 0.2) is 0 Å². The third kappa shape index (κ3) is 4.19. The molecule has 2 unspecified atom stereocenters. The Kier molecular flexibility index (Phi) is 4.64. The lowest BCUT2D eigenvalue weighted by Crippen LogP contribution is -2.52. The van der Waals surface area contributed by atoms with Gasteiger partial charge in [0.25, 0.3) is 0 Å². The Balaban J connectivity index is 1.71. The van der Waals surface area contributed by atoms with Gasteiger partial charge in [-0.15, -0.1) is 0 Å². The molecule has 0 aromatic rings. The average Bonchev–Trinajstić information content (AvgIpc) is 3.13. The van der Waals surface area contributed by atoms with Crippen LogP contribution in [0.3, 0.4) is 0 Å². The Labute approximate surface area is 111 Å². The van der Waals surface area contributed by atoms with Crippen LogP contribution in [0.5, 0.6) is 0 Å². The predicted octanol–water partition coefficient (Wildman–Crippen LogP) is 0.502. The van der Waals surface area contributed by atoms with Crippen LogP contribution < -0.4 is 5.73 Å². The van der Waals surface area contributed by atoms with Gasteiger partial charge in [-0.05, 0) is 39.0 Å². The second kappa shape index (κ2) is 5.87. The zero-order valence-electron chi connectivity index (χ0n) is 11.9. The highest BCUT2D eigenvalue weighted by molar-refractivity contribution is 4.85. The van der Waals surface area contributed by atoms with Crippen molar-refractivity contribution in [1.82, 2.24) is 9.80 Å². The van der Waals surface area contributed by atoms with E-state index < -0.39 is 5.60 Å². The number of aliphatic hydroxyl groups is 1. The first-order chi connectivity index (χ1) is 8.50. The van der Waals surface area contributed by atoms with E-state index in [2.05, 4.69) is 16.7 Å². The van der Waals surface area contributed by atoms with Crippen LogP contribution in [0.25, 0.3) is 0 Å². The topological polar surface area (TPSA) is 52.7 Å². The van der Waals surface area contributed by atoms with Crippen LogP contribution in [0.2, 0.25) is 0 Å². The minimum atomic E-state index is -0.718. The first-order valence-corrected chi connectivity index (χ1v) is 7.39. The Morgan fingerprint density at radius 3 is 2.39 bits per heavy atom. The molecule has 3 N–H and O–H groups in total. The van der Waals surface area contributed by atoms with Crippen molar-refractivity contribution in [2.45, 2.75) is 44.8 Å². The molecule has 0 radical (unpaired) electrons. The lowest BCUT2D eigenvalue weighted by Gasteiger charge is -2.40. The van der Waals surface area contributed by atoms with Crippen LogP contribution in [-0.4, -0.2) is 65.8 Å². The van der Waals surface area contributed by atoms with Crippen molar-refractivity contribution in [2.24, 2.45) is 11.7 Å². The summed E-state index contributed by atoms with van der Waals surface area (Å²) in [6, 6.07) is 0.423. The van der Waals surface area contributed by atoms with Crippen molar-refractivity contribution in [2.75, 3.05) is 39.3 Å². The van der Waals surface area contributed by atoms with Crippen molar-refractivity contribution >= 4 is 0 Å². The van der Waals surface area contributed by atoms with Crippen molar-refractivity contribution in [1.29, 1.82) is 0 Å². The highest BCUT2D eigenvalue weighted by Gasteiger charge is 2.29. The molecule has 2 rings (SSSR count). The van der Waals surface area contributed by atoms with Gasteiger partial charge in [-0.2, -0.15) is 0 Å². The highest BCUT2D eigenvalue weighted by Crippen LogP contribution is 2.30. The van der Waals surface area contributed by atoms with E-state index in [1.807, 2.05) is 6.92 Å². The Hall–Kier alpha value is -0.160. The maximum Gasteiger partial charge on any atom is 0.0756 e. The van der Waals surface area contributed by atoms with Gasteiger partial charge in [-0.3, -0.25) is 4.90 Å². The van der Waals surface area contributed by atoms with Crippen molar-refractivity contribution in [3.63, 3.8) is 0 Å². The summed E-state index contributed by atoms with van der Waals surface area (Å²) in [5.41, 5.74) is 4.87. The van der Waals surface area contributed by atoms with Gasteiger partial charge in [0.1, 0.15) is 0 Å². The molecule has 0 aromatic heterocycles. The fourth-order valence-electron chi connectivity index (χ4n) is 2.90. The van der Waals surface area contributed by atoms with E-state index in [-0.39, 0.29) is 0 Å². The zero-order chi connectivity index (χ0) is 13.2. The molecule has 2 atom stereocenters. The largest absolute Gasteiger partial charge is 0.389 e. The molecule has 4 heteroatoms. The molecule has 0 aromatic carbocycles.